The predicted octanol–water partition coefficient (Wildman–Crippen LogP) is 5.71. The largest absolute Gasteiger partial charge is 0.347 e. The molecule has 0 unspecified atom stereocenters. The third-order valence-corrected chi connectivity index (χ3v) is 5.08. The number of rotatable bonds is 6. The number of nitrogens with zero attached hydrogens (tertiary/aromatic N) is 4. The van der Waals surface area contributed by atoms with Gasteiger partial charge >= 0.3 is 0 Å². The highest BCUT2D eigenvalue weighted by atomic mass is 16.5. The fourth-order valence-corrected chi connectivity index (χ4v) is 3.68. The maximum atomic E-state index is 5.21. The molecular weight excluding hydrogens is 348 g/mol. The van der Waals surface area contributed by atoms with Crippen LogP contribution in [0.25, 0.3) is 22.3 Å². The quantitative estimate of drug-likeness (QED) is 0.546. The average molecular weight is 385 g/mol. The van der Waals surface area contributed by atoms with Gasteiger partial charge in [0.05, 0.1) is 0 Å². The Bertz CT molecular complexity index is 868. The number of fused-ring (bicyclic) bond motifs is 1. The van der Waals surface area contributed by atoms with Crippen molar-refractivity contribution >= 4 is 10.9 Å². The molecule has 0 saturated carbocycles. The fraction of sp³-hybridized carbons (Fsp3) is 0.565. The Labute approximate surface area is 169 Å². The van der Waals surface area contributed by atoms with Crippen molar-refractivity contribution in [3.63, 3.8) is 0 Å². The number of hydrogen-bond donors (Lipinski definition) is 0. The molecule has 0 saturated heterocycles. The van der Waals surface area contributed by atoms with Gasteiger partial charge in [-0.15, -0.1) is 0 Å². The van der Waals surface area contributed by atoms with Crippen LogP contribution in [0, 0.1) is 6.92 Å². The van der Waals surface area contributed by atoms with Crippen LogP contribution in [0.3, 0.4) is 0 Å². The van der Waals surface area contributed by atoms with E-state index in [0.29, 0.717) is 23.8 Å². The second kappa shape index (κ2) is 9.87. The molecule has 5 nitrogen and oxygen atoms in total. The van der Waals surface area contributed by atoms with Crippen molar-refractivity contribution in [1.82, 2.24) is 19.6 Å². The van der Waals surface area contributed by atoms with Gasteiger partial charge in [0.1, 0.15) is 0 Å². The highest BCUT2D eigenvalue weighted by Crippen LogP contribution is 2.29. The lowest BCUT2D eigenvalue weighted by molar-refractivity contribution is 0.185. The van der Waals surface area contributed by atoms with Crippen LogP contribution in [-0.2, 0) is 13.0 Å². The van der Waals surface area contributed by atoms with Gasteiger partial charge in [-0.25, -0.2) is 0 Å². The molecule has 154 valence electrons. The van der Waals surface area contributed by atoms with Crippen molar-refractivity contribution in [2.45, 2.75) is 80.4 Å². The van der Waals surface area contributed by atoms with E-state index in [1.54, 1.807) is 0 Å². The van der Waals surface area contributed by atoms with Crippen molar-refractivity contribution in [2.24, 2.45) is 0 Å². The van der Waals surface area contributed by atoms with Gasteiger partial charge in [0.15, 0.2) is 0 Å². The van der Waals surface area contributed by atoms with E-state index in [1.165, 1.54) is 16.5 Å². The summed E-state index contributed by atoms with van der Waals surface area (Å²) in [6.07, 6.45) is 2.87. The highest BCUT2D eigenvalue weighted by molar-refractivity contribution is 5.94. The van der Waals surface area contributed by atoms with Gasteiger partial charge in [-0.1, -0.05) is 31.1 Å². The molecule has 0 amide bonds. The van der Waals surface area contributed by atoms with Gasteiger partial charge in [-0.3, -0.25) is 4.90 Å². The van der Waals surface area contributed by atoms with Crippen LogP contribution in [-0.4, -0.2) is 38.2 Å². The van der Waals surface area contributed by atoms with E-state index in [2.05, 4.69) is 92.5 Å². The summed E-state index contributed by atoms with van der Waals surface area (Å²) in [4.78, 5) is 6.89. The molecule has 0 fully saturated rings. The van der Waals surface area contributed by atoms with E-state index in [9.17, 15) is 0 Å². The smallest absolute Gasteiger partial charge is 0.226 e. The van der Waals surface area contributed by atoms with E-state index in [1.807, 2.05) is 6.92 Å². The van der Waals surface area contributed by atoms with Crippen LogP contribution in [0.5, 0.6) is 0 Å². The zero-order valence-electron chi connectivity index (χ0n) is 18.8. The van der Waals surface area contributed by atoms with E-state index in [0.717, 1.165) is 25.1 Å². The molecule has 3 rings (SSSR count). The molecule has 0 radical (unpaired) electrons. The lowest BCUT2D eigenvalue weighted by Gasteiger charge is -2.28. The van der Waals surface area contributed by atoms with Gasteiger partial charge in [-0.2, -0.15) is 4.98 Å². The van der Waals surface area contributed by atoms with Gasteiger partial charge in [0, 0.05) is 47.7 Å². The van der Waals surface area contributed by atoms with Crippen molar-refractivity contribution in [3.05, 3.63) is 35.9 Å². The Morgan fingerprint density at radius 3 is 2.21 bits per heavy atom. The van der Waals surface area contributed by atoms with Crippen LogP contribution in [0.2, 0.25) is 0 Å². The second-order valence-corrected chi connectivity index (χ2v) is 7.73. The Balaban J connectivity index is 0.000000266. The van der Waals surface area contributed by atoms with Crippen molar-refractivity contribution < 1.29 is 4.52 Å². The molecule has 28 heavy (non-hydrogen) atoms. The molecule has 0 bridgehead atoms. The summed E-state index contributed by atoms with van der Waals surface area (Å²) in [5.41, 5.74) is 3.52. The normalized spacial score (nSPS) is 11.5. The van der Waals surface area contributed by atoms with Crippen LogP contribution in [0.15, 0.2) is 28.9 Å². The number of benzene rings is 1. The van der Waals surface area contributed by atoms with Gasteiger partial charge in [0.2, 0.25) is 11.7 Å². The van der Waals surface area contributed by atoms with Crippen molar-refractivity contribution in [1.29, 1.82) is 0 Å². The third-order valence-electron chi connectivity index (χ3n) is 5.08. The topological polar surface area (TPSA) is 47.1 Å². The molecular formula is C23H36N4O. The minimum Gasteiger partial charge on any atom is -0.347 e. The first-order valence-electron chi connectivity index (χ1n) is 10.5. The summed E-state index contributed by atoms with van der Waals surface area (Å²) in [7, 11) is 0. The molecule has 5 heteroatoms. The molecule has 0 spiro atoms. The minimum atomic E-state index is 0.679. The fourth-order valence-electron chi connectivity index (χ4n) is 3.68. The molecule has 2 heterocycles. The van der Waals surface area contributed by atoms with Crippen LogP contribution >= 0.6 is 0 Å². The summed E-state index contributed by atoms with van der Waals surface area (Å²) in [6, 6.07) is 7.83. The van der Waals surface area contributed by atoms with Crippen LogP contribution < -0.4 is 0 Å². The monoisotopic (exact) mass is 384 g/mol. The van der Waals surface area contributed by atoms with Crippen LogP contribution in [0.4, 0.5) is 0 Å². The number of aryl methyl sites for hydroxylation is 3. The molecule has 3 aromatic rings. The summed E-state index contributed by atoms with van der Waals surface area (Å²) in [5.74, 6) is 1.36. The van der Waals surface area contributed by atoms with E-state index in [4.69, 9.17) is 4.52 Å². The van der Waals surface area contributed by atoms with Gasteiger partial charge in [-0.05, 0) is 59.7 Å². The minimum absolute atomic E-state index is 0.679. The average Bonchev–Trinajstić information content (AvgIpc) is 3.25. The predicted molar refractivity (Wildman–Crippen MR) is 118 cm³/mol. The second-order valence-electron chi connectivity index (χ2n) is 7.73. The van der Waals surface area contributed by atoms with Crippen LogP contribution in [0.1, 0.15) is 59.9 Å². The van der Waals surface area contributed by atoms with Crippen molar-refractivity contribution in [2.75, 3.05) is 6.54 Å². The van der Waals surface area contributed by atoms with E-state index in [-0.39, 0.29) is 0 Å². The first-order chi connectivity index (χ1) is 13.3. The van der Waals surface area contributed by atoms with Gasteiger partial charge < -0.3 is 9.09 Å². The maximum Gasteiger partial charge on any atom is 0.226 e. The third kappa shape index (κ3) is 5.02. The molecule has 1 aromatic carbocycles. The molecule has 0 atom stereocenters. The van der Waals surface area contributed by atoms with Crippen molar-refractivity contribution in [3.8, 4) is 11.4 Å². The highest BCUT2D eigenvalue weighted by Gasteiger charge is 2.14. The number of aromatic nitrogens is 3. The van der Waals surface area contributed by atoms with Gasteiger partial charge in [0.25, 0.3) is 0 Å². The summed E-state index contributed by atoms with van der Waals surface area (Å²) in [5, 5.41) is 5.25. The lowest BCUT2D eigenvalue weighted by atomic mass is 10.1. The summed E-state index contributed by atoms with van der Waals surface area (Å²) in [6.45, 7) is 19.5. The lowest BCUT2D eigenvalue weighted by Crippen LogP contribution is -2.36. The Morgan fingerprint density at radius 2 is 1.75 bits per heavy atom. The number of hydrogen-bond acceptors (Lipinski definition) is 4. The standard InChI is InChI=1S/C15H17N3O.C8H19N/c1-4-14-16-15(17-19-14)12-9-18(5-2)13-8-10(3)6-7-11(12)13;1-6-9(7(2)3)8(4)5/h6-9H,4-5H2,1-3H3;7-8H,6H2,1-5H3. The molecule has 0 aliphatic rings. The zero-order valence-corrected chi connectivity index (χ0v) is 18.8. The molecule has 0 N–H and O–H groups in total. The first kappa shape index (κ1) is 22.2. The zero-order chi connectivity index (χ0) is 20.8. The van der Waals surface area contributed by atoms with E-state index < -0.39 is 0 Å². The molecule has 0 aliphatic carbocycles. The van der Waals surface area contributed by atoms with E-state index >= 15 is 0 Å². The Morgan fingerprint density at radius 1 is 1.07 bits per heavy atom. The maximum absolute atomic E-state index is 5.21. The molecule has 2 aromatic heterocycles. The molecule has 0 aliphatic heterocycles. The Hall–Kier alpha value is -2.14. The SMILES string of the molecule is CCN(C(C)C)C(C)C.CCc1nc(-c2cn(CC)c3cc(C)ccc23)no1. The Kier molecular flexibility index (Phi) is 7.81. The summed E-state index contributed by atoms with van der Waals surface area (Å²) >= 11 is 0. The first-order valence-corrected chi connectivity index (χ1v) is 10.5. The summed E-state index contributed by atoms with van der Waals surface area (Å²) < 4.78 is 7.44.